The second kappa shape index (κ2) is 6.28. The van der Waals surface area contributed by atoms with Crippen LogP contribution < -0.4 is 5.32 Å². The predicted octanol–water partition coefficient (Wildman–Crippen LogP) is 4.92. The highest BCUT2D eigenvalue weighted by molar-refractivity contribution is 8.00. The number of carbonyl (C=O) groups is 1. The minimum Gasteiger partial charge on any atom is -0.349 e. The molecule has 1 atom stereocenters. The van der Waals surface area contributed by atoms with Crippen LogP contribution in [0.5, 0.6) is 0 Å². The van der Waals surface area contributed by atoms with Gasteiger partial charge in [0.1, 0.15) is 0 Å². The van der Waals surface area contributed by atoms with E-state index in [1.807, 2.05) is 24.3 Å². The fourth-order valence-electron chi connectivity index (χ4n) is 2.75. The quantitative estimate of drug-likeness (QED) is 0.806. The third-order valence-corrected chi connectivity index (χ3v) is 4.47. The van der Waals surface area contributed by atoms with Crippen LogP contribution in [0.25, 0.3) is 11.1 Å². The summed E-state index contributed by atoms with van der Waals surface area (Å²) in [6, 6.07) is 13.9. The number of hydrogen-bond donors (Lipinski definition) is 1. The minimum absolute atomic E-state index is 0.0294. The van der Waals surface area contributed by atoms with Crippen LogP contribution in [0.15, 0.2) is 53.4 Å². The number of benzene rings is 2. The fraction of sp³-hybridized carbons (Fsp3) is 0.235. The first-order valence-corrected chi connectivity index (χ1v) is 7.98. The van der Waals surface area contributed by atoms with E-state index in [0.717, 1.165) is 23.1 Å². The van der Waals surface area contributed by atoms with Crippen LogP contribution in [-0.2, 0) is 4.79 Å². The number of nitrogens with one attached hydrogen (secondary N) is 1. The highest BCUT2D eigenvalue weighted by Crippen LogP contribution is 2.38. The highest BCUT2D eigenvalue weighted by atomic mass is 32.2. The van der Waals surface area contributed by atoms with Gasteiger partial charge in [0.2, 0.25) is 5.91 Å². The predicted molar refractivity (Wildman–Crippen MR) is 83.9 cm³/mol. The molecule has 0 radical (unpaired) electrons. The van der Waals surface area contributed by atoms with Gasteiger partial charge < -0.3 is 5.32 Å². The van der Waals surface area contributed by atoms with Gasteiger partial charge in [0.25, 0.3) is 0 Å². The molecule has 1 amide bonds. The highest BCUT2D eigenvalue weighted by Gasteiger charge is 2.29. The molecule has 1 aliphatic heterocycles. The molecular weight excluding hydrogens is 323 g/mol. The zero-order chi connectivity index (χ0) is 16.4. The molecule has 2 nitrogen and oxygen atoms in total. The summed E-state index contributed by atoms with van der Waals surface area (Å²) in [5.74, 6) is 0.0294. The van der Waals surface area contributed by atoms with Gasteiger partial charge in [-0.15, -0.1) is 0 Å². The van der Waals surface area contributed by atoms with Gasteiger partial charge in [-0.05, 0) is 47.0 Å². The molecule has 1 fully saturated rings. The van der Waals surface area contributed by atoms with Crippen LogP contribution in [-0.4, -0.2) is 11.4 Å². The van der Waals surface area contributed by atoms with Crippen LogP contribution >= 0.6 is 11.8 Å². The van der Waals surface area contributed by atoms with E-state index in [1.165, 1.54) is 12.1 Å². The van der Waals surface area contributed by atoms with Gasteiger partial charge in [-0.1, -0.05) is 36.4 Å². The smallest absolute Gasteiger partial charge is 0.349 e. The van der Waals surface area contributed by atoms with E-state index in [1.54, 1.807) is 12.1 Å². The Morgan fingerprint density at radius 1 is 1.04 bits per heavy atom. The first kappa shape index (κ1) is 15.9. The average molecular weight is 337 g/mol. The largest absolute Gasteiger partial charge is 0.446 e. The lowest BCUT2D eigenvalue weighted by molar-refractivity contribution is -0.119. The van der Waals surface area contributed by atoms with Crippen LogP contribution in [0.4, 0.5) is 13.2 Å². The summed E-state index contributed by atoms with van der Waals surface area (Å²) in [5.41, 5.74) is -1.51. The molecule has 1 N–H and O–H groups in total. The molecule has 0 spiro atoms. The maximum atomic E-state index is 12.4. The number of alkyl halides is 3. The molecule has 0 saturated carbocycles. The Balaban J connectivity index is 1.88. The van der Waals surface area contributed by atoms with Crippen molar-refractivity contribution >= 4 is 17.7 Å². The molecule has 6 heteroatoms. The van der Waals surface area contributed by atoms with Crippen molar-refractivity contribution in [3.8, 4) is 11.1 Å². The molecule has 1 saturated heterocycles. The molecule has 2 aromatic carbocycles. The van der Waals surface area contributed by atoms with Crippen LogP contribution in [0.3, 0.4) is 0 Å². The maximum Gasteiger partial charge on any atom is 0.446 e. The lowest BCUT2D eigenvalue weighted by Crippen LogP contribution is -2.18. The summed E-state index contributed by atoms with van der Waals surface area (Å²) < 4.78 is 37.2. The normalized spacial score (nSPS) is 18.0. The zero-order valence-electron chi connectivity index (χ0n) is 12.1. The Labute approximate surface area is 136 Å². The Morgan fingerprint density at radius 3 is 2.35 bits per heavy atom. The minimum atomic E-state index is -4.28. The van der Waals surface area contributed by atoms with Crippen molar-refractivity contribution in [1.29, 1.82) is 0 Å². The van der Waals surface area contributed by atoms with Crippen LogP contribution in [0.2, 0.25) is 0 Å². The van der Waals surface area contributed by atoms with E-state index < -0.39 is 5.51 Å². The Kier molecular flexibility index (Phi) is 4.35. The van der Waals surface area contributed by atoms with E-state index in [0.29, 0.717) is 6.42 Å². The Hall–Kier alpha value is -1.95. The van der Waals surface area contributed by atoms with Crippen LogP contribution in [0.1, 0.15) is 24.4 Å². The standard InChI is InChI=1S/C17H14F3NOS/c18-17(19,20)23-12-7-5-11(6-8-12)13-3-1-2-4-14(13)15-9-10-16(22)21-15/h1-8,15H,9-10H2,(H,21,22). The summed E-state index contributed by atoms with van der Waals surface area (Å²) in [6.45, 7) is 0. The molecular formula is C17H14F3NOS. The van der Waals surface area contributed by atoms with Crippen molar-refractivity contribution in [2.24, 2.45) is 0 Å². The van der Waals surface area contributed by atoms with Crippen molar-refractivity contribution in [3.05, 3.63) is 54.1 Å². The molecule has 1 aliphatic rings. The molecule has 0 bridgehead atoms. The van der Waals surface area contributed by atoms with Crippen molar-refractivity contribution in [2.45, 2.75) is 29.3 Å². The topological polar surface area (TPSA) is 29.1 Å². The number of carbonyl (C=O) groups excluding carboxylic acids is 1. The van der Waals surface area contributed by atoms with E-state index in [2.05, 4.69) is 5.32 Å². The molecule has 1 unspecified atom stereocenters. The average Bonchev–Trinajstić information content (AvgIpc) is 2.93. The summed E-state index contributed by atoms with van der Waals surface area (Å²) >= 11 is -0.123. The van der Waals surface area contributed by atoms with Gasteiger partial charge in [-0.25, -0.2) is 0 Å². The van der Waals surface area contributed by atoms with Gasteiger partial charge in [0, 0.05) is 11.3 Å². The van der Waals surface area contributed by atoms with Gasteiger partial charge in [0.05, 0.1) is 6.04 Å². The third-order valence-electron chi connectivity index (χ3n) is 3.73. The number of hydrogen-bond acceptors (Lipinski definition) is 2. The van der Waals surface area contributed by atoms with Gasteiger partial charge in [-0.3, -0.25) is 4.79 Å². The molecule has 3 rings (SSSR count). The molecule has 0 aromatic heterocycles. The van der Waals surface area contributed by atoms with E-state index in [-0.39, 0.29) is 28.6 Å². The number of rotatable bonds is 3. The number of thioether (sulfide) groups is 1. The molecule has 0 aliphatic carbocycles. The summed E-state index contributed by atoms with van der Waals surface area (Å²) in [6.07, 6.45) is 1.23. The van der Waals surface area contributed by atoms with Crippen molar-refractivity contribution in [3.63, 3.8) is 0 Å². The third kappa shape index (κ3) is 3.88. The zero-order valence-corrected chi connectivity index (χ0v) is 12.9. The molecule has 2 aromatic rings. The summed E-state index contributed by atoms with van der Waals surface area (Å²) in [5, 5.41) is 2.93. The lowest BCUT2D eigenvalue weighted by Gasteiger charge is -2.16. The lowest BCUT2D eigenvalue weighted by atomic mass is 9.94. The Morgan fingerprint density at radius 2 is 1.74 bits per heavy atom. The van der Waals surface area contributed by atoms with Crippen molar-refractivity contribution in [1.82, 2.24) is 5.32 Å². The van der Waals surface area contributed by atoms with E-state index >= 15 is 0 Å². The van der Waals surface area contributed by atoms with E-state index in [4.69, 9.17) is 0 Å². The fourth-order valence-corrected chi connectivity index (χ4v) is 3.29. The van der Waals surface area contributed by atoms with Gasteiger partial charge >= 0.3 is 5.51 Å². The van der Waals surface area contributed by atoms with Gasteiger partial charge in [0.15, 0.2) is 0 Å². The second-order valence-corrected chi connectivity index (χ2v) is 6.46. The van der Waals surface area contributed by atoms with Gasteiger partial charge in [-0.2, -0.15) is 13.2 Å². The molecule has 120 valence electrons. The maximum absolute atomic E-state index is 12.4. The monoisotopic (exact) mass is 337 g/mol. The molecule has 23 heavy (non-hydrogen) atoms. The SMILES string of the molecule is O=C1CCC(c2ccccc2-c2ccc(SC(F)(F)F)cc2)N1. The Bertz CT molecular complexity index is 713. The number of halogens is 3. The van der Waals surface area contributed by atoms with Crippen molar-refractivity contribution in [2.75, 3.05) is 0 Å². The summed E-state index contributed by atoms with van der Waals surface area (Å²) in [4.78, 5) is 11.6. The first-order chi connectivity index (χ1) is 10.9. The molecule has 1 heterocycles. The second-order valence-electron chi connectivity index (χ2n) is 5.32. The van der Waals surface area contributed by atoms with E-state index in [9.17, 15) is 18.0 Å². The number of amides is 1. The summed E-state index contributed by atoms with van der Waals surface area (Å²) in [7, 11) is 0. The van der Waals surface area contributed by atoms with Crippen molar-refractivity contribution < 1.29 is 18.0 Å². The first-order valence-electron chi connectivity index (χ1n) is 7.17. The van der Waals surface area contributed by atoms with Crippen LogP contribution in [0, 0.1) is 0 Å².